The van der Waals surface area contributed by atoms with E-state index in [1.807, 2.05) is 11.4 Å². The summed E-state index contributed by atoms with van der Waals surface area (Å²) in [7, 11) is 0. The van der Waals surface area contributed by atoms with Gasteiger partial charge in [0.1, 0.15) is 11.6 Å². The van der Waals surface area contributed by atoms with Crippen molar-refractivity contribution in [1.82, 2.24) is 19.6 Å². The third-order valence-electron chi connectivity index (χ3n) is 4.25. The van der Waals surface area contributed by atoms with Crippen molar-refractivity contribution in [3.63, 3.8) is 0 Å². The summed E-state index contributed by atoms with van der Waals surface area (Å²) in [5, 5.41) is 8.09. The zero-order valence-corrected chi connectivity index (χ0v) is 13.1. The second kappa shape index (κ2) is 4.80. The predicted octanol–water partition coefficient (Wildman–Crippen LogP) is 3.28. The maximum atomic E-state index is 4.66. The number of hydrogen-bond acceptors (Lipinski definition) is 4. The number of anilines is 2. The van der Waals surface area contributed by atoms with Crippen molar-refractivity contribution < 1.29 is 0 Å². The number of benzene rings is 1. The van der Waals surface area contributed by atoms with E-state index in [1.54, 1.807) is 0 Å². The molecule has 0 bridgehead atoms. The fraction of sp³-hybridized carbons (Fsp3) is 0.353. The second-order valence-corrected chi connectivity index (χ2v) is 6.05. The first-order chi connectivity index (χ1) is 10.6. The van der Waals surface area contributed by atoms with Crippen molar-refractivity contribution in [3.8, 4) is 0 Å². The van der Waals surface area contributed by atoms with Crippen molar-refractivity contribution in [2.75, 3.05) is 5.32 Å². The molecule has 0 spiro atoms. The standard InChI is InChI=1S/C17H19N5/c1-10-7-8-14(11(2)9-10)19-16-13-5-4-6-15(13)20-17-18-12(3)21-22(16)17/h7-9,19H,4-6H2,1-3H3. The number of hydrogen-bond donors (Lipinski definition) is 1. The fourth-order valence-electron chi connectivity index (χ4n) is 3.19. The average Bonchev–Trinajstić information content (AvgIpc) is 3.06. The van der Waals surface area contributed by atoms with Gasteiger partial charge in [0.25, 0.3) is 5.78 Å². The highest BCUT2D eigenvalue weighted by Gasteiger charge is 2.22. The highest BCUT2D eigenvalue weighted by molar-refractivity contribution is 5.66. The molecule has 5 heteroatoms. The van der Waals surface area contributed by atoms with Crippen molar-refractivity contribution in [2.24, 2.45) is 0 Å². The maximum Gasteiger partial charge on any atom is 0.254 e. The Morgan fingerprint density at radius 3 is 2.77 bits per heavy atom. The summed E-state index contributed by atoms with van der Waals surface area (Å²) in [4.78, 5) is 9.09. The molecule has 0 saturated carbocycles. The molecule has 1 N–H and O–H groups in total. The van der Waals surface area contributed by atoms with Crippen molar-refractivity contribution in [1.29, 1.82) is 0 Å². The van der Waals surface area contributed by atoms with Crippen LogP contribution in [0, 0.1) is 20.8 Å². The molecule has 112 valence electrons. The summed E-state index contributed by atoms with van der Waals surface area (Å²) in [6.07, 6.45) is 3.22. The summed E-state index contributed by atoms with van der Waals surface area (Å²) in [6, 6.07) is 6.44. The quantitative estimate of drug-likeness (QED) is 0.788. The normalized spacial score (nSPS) is 13.6. The molecule has 2 heterocycles. The number of nitrogens with one attached hydrogen (secondary N) is 1. The van der Waals surface area contributed by atoms with E-state index in [1.165, 1.54) is 16.7 Å². The van der Waals surface area contributed by atoms with Crippen LogP contribution < -0.4 is 5.32 Å². The highest BCUT2D eigenvalue weighted by atomic mass is 15.4. The van der Waals surface area contributed by atoms with E-state index in [-0.39, 0.29) is 0 Å². The van der Waals surface area contributed by atoms with Crippen LogP contribution in [0.4, 0.5) is 11.5 Å². The molecular formula is C17H19N5. The topological polar surface area (TPSA) is 55.1 Å². The molecule has 2 aromatic heterocycles. The van der Waals surface area contributed by atoms with E-state index in [9.17, 15) is 0 Å². The number of rotatable bonds is 2. The van der Waals surface area contributed by atoms with E-state index in [0.717, 1.165) is 42.3 Å². The number of fused-ring (bicyclic) bond motifs is 2. The lowest BCUT2D eigenvalue weighted by atomic mass is 10.1. The minimum atomic E-state index is 0.686. The molecule has 22 heavy (non-hydrogen) atoms. The first kappa shape index (κ1) is 13.2. The molecule has 0 fully saturated rings. The minimum Gasteiger partial charge on any atom is -0.340 e. The fourth-order valence-corrected chi connectivity index (χ4v) is 3.19. The van der Waals surface area contributed by atoms with Crippen LogP contribution in [0.25, 0.3) is 5.78 Å². The van der Waals surface area contributed by atoms with E-state index in [2.05, 4.69) is 52.4 Å². The number of nitrogens with zero attached hydrogens (tertiary/aromatic N) is 4. The summed E-state index contributed by atoms with van der Waals surface area (Å²) in [5.41, 5.74) is 6.04. The lowest BCUT2D eigenvalue weighted by molar-refractivity contribution is 0.899. The van der Waals surface area contributed by atoms with E-state index in [4.69, 9.17) is 0 Å². The molecule has 1 aromatic carbocycles. The lowest BCUT2D eigenvalue weighted by Gasteiger charge is -2.14. The molecule has 0 radical (unpaired) electrons. The van der Waals surface area contributed by atoms with Crippen molar-refractivity contribution in [3.05, 3.63) is 46.4 Å². The smallest absolute Gasteiger partial charge is 0.254 e. The molecule has 1 aliphatic carbocycles. The highest BCUT2D eigenvalue weighted by Crippen LogP contribution is 2.31. The van der Waals surface area contributed by atoms with Gasteiger partial charge < -0.3 is 5.32 Å². The molecule has 0 aliphatic heterocycles. The van der Waals surface area contributed by atoms with Gasteiger partial charge in [-0.2, -0.15) is 9.50 Å². The predicted molar refractivity (Wildman–Crippen MR) is 86.7 cm³/mol. The van der Waals surface area contributed by atoms with Gasteiger partial charge in [-0.25, -0.2) is 4.98 Å². The van der Waals surface area contributed by atoms with Crippen LogP contribution in [-0.4, -0.2) is 19.6 Å². The van der Waals surface area contributed by atoms with Gasteiger partial charge in [0, 0.05) is 11.3 Å². The molecule has 0 atom stereocenters. The van der Waals surface area contributed by atoms with Gasteiger partial charge in [0.15, 0.2) is 0 Å². The van der Waals surface area contributed by atoms with E-state index in [0.29, 0.717) is 5.78 Å². The number of aryl methyl sites for hydroxylation is 4. The largest absolute Gasteiger partial charge is 0.340 e. The summed E-state index contributed by atoms with van der Waals surface area (Å²) < 4.78 is 1.85. The molecule has 5 nitrogen and oxygen atoms in total. The molecular weight excluding hydrogens is 274 g/mol. The Morgan fingerprint density at radius 2 is 1.95 bits per heavy atom. The Kier molecular flexibility index (Phi) is 2.89. The molecule has 1 aliphatic rings. The van der Waals surface area contributed by atoms with Crippen LogP contribution in [0.2, 0.25) is 0 Å². The van der Waals surface area contributed by atoms with Gasteiger partial charge in [-0.15, -0.1) is 5.10 Å². The second-order valence-electron chi connectivity index (χ2n) is 6.05. The average molecular weight is 293 g/mol. The van der Waals surface area contributed by atoms with Crippen LogP contribution in [0.15, 0.2) is 18.2 Å². The van der Waals surface area contributed by atoms with E-state index >= 15 is 0 Å². The zero-order chi connectivity index (χ0) is 15.3. The van der Waals surface area contributed by atoms with Gasteiger partial charge in [-0.05, 0) is 51.7 Å². The third kappa shape index (κ3) is 2.04. The monoisotopic (exact) mass is 293 g/mol. The van der Waals surface area contributed by atoms with Gasteiger partial charge >= 0.3 is 0 Å². The van der Waals surface area contributed by atoms with Crippen molar-refractivity contribution >= 4 is 17.3 Å². The third-order valence-corrected chi connectivity index (χ3v) is 4.25. The Labute approximate surface area is 129 Å². The van der Waals surface area contributed by atoms with Gasteiger partial charge in [0.05, 0.1) is 5.69 Å². The molecule has 4 rings (SSSR count). The molecule has 0 saturated heterocycles. The van der Waals surface area contributed by atoms with Gasteiger partial charge in [-0.3, -0.25) is 0 Å². The van der Waals surface area contributed by atoms with E-state index < -0.39 is 0 Å². The van der Waals surface area contributed by atoms with Gasteiger partial charge in [0.2, 0.25) is 0 Å². The lowest BCUT2D eigenvalue weighted by Crippen LogP contribution is -2.07. The summed E-state index contributed by atoms with van der Waals surface area (Å²) >= 11 is 0. The first-order valence-electron chi connectivity index (χ1n) is 7.71. The number of aromatic nitrogens is 4. The van der Waals surface area contributed by atoms with Crippen LogP contribution in [-0.2, 0) is 12.8 Å². The Morgan fingerprint density at radius 1 is 1.09 bits per heavy atom. The molecule has 0 unspecified atom stereocenters. The maximum absolute atomic E-state index is 4.66. The Bertz CT molecular complexity index is 878. The SMILES string of the molecule is Cc1ccc(Nc2c3c(nc4nc(C)nn24)CCC3)c(C)c1. The van der Waals surface area contributed by atoms with Gasteiger partial charge in [-0.1, -0.05) is 17.7 Å². The Hall–Kier alpha value is -2.43. The van der Waals surface area contributed by atoms with Crippen LogP contribution in [0.3, 0.4) is 0 Å². The van der Waals surface area contributed by atoms with Crippen molar-refractivity contribution in [2.45, 2.75) is 40.0 Å². The van der Waals surface area contributed by atoms with Crippen LogP contribution in [0.1, 0.15) is 34.6 Å². The summed E-state index contributed by atoms with van der Waals surface area (Å²) in [6.45, 7) is 6.14. The van der Waals surface area contributed by atoms with Crippen LogP contribution in [0.5, 0.6) is 0 Å². The minimum absolute atomic E-state index is 0.686. The Balaban J connectivity index is 1.90. The van der Waals surface area contributed by atoms with Crippen LogP contribution >= 0.6 is 0 Å². The summed E-state index contributed by atoms with van der Waals surface area (Å²) in [5.74, 6) is 2.45. The zero-order valence-electron chi connectivity index (χ0n) is 13.1. The molecule has 0 amide bonds. The first-order valence-corrected chi connectivity index (χ1v) is 7.71. The molecule has 3 aromatic rings.